The van der Waals surface area contributed by atoms with Gasteiger partial charge in [-0.15, -0.1) is 0 Å². The molecule has 6 heteroatoms. The Bertz CT molecular complexity index is 833. The zero-order valence-electron chi connectivity index (χ0n) is 14.4. The zero-order chi connectivity index (χ0) is 19.1. The molecule has 134 valence electrons. The summed E-state index contributed by atoms with van der Waals surface area (Å²) >= 11 is 0. The van der Waals surface area contributed by atoms with Gasteiger partial charge in [-0.1, -0.05) is 30.3 Å². The molecule has 2 rings (SSSR count). The summed E-state index contributed by atoms with van der Waals surface area (Å²) in [5.41, 5.74) is 2.41. The van der Waals surface area contributed by atoms with Crippen LogP contribution in [0.5, 0.6) is 5.75 Å². The summed E-state index contributed by atoms with van der Waals surface area (Å²) in [5, 5.41) is 11.9. The Morgan fingerprint density at radius 3 is 2.38 bits per heavy atom. The van der Waals surface area contributed by atoms with Crippen molar-refractivity contribution in [2.75, 3.05) is 0 Å². The minimum atomic E-state index is -2.91. The van der Waals surface area contributed by atoms with Crippen LogP contribution in [0.2, 0.25) is 0 Å². The van der Waals surface area contributed by atoms with Crippen molar-refractivity contribution >= 4 is 12.0 Å². The molecule has 0 radical (unpaired) electrons. The highest BCUT2D eigenvalue weighted by Gasteiger charge is 2.13. The van der Waals surface area contributed by atoms with Crippen LogP contribution in [0.1, 0.15) is 22.3 Å². The van der Waals surface area contributed by atoms with Crippen molar-refractivity contribution in [2.45, 2.75) is 27.0 Å². The van der Waals surface area contributed by atoms with Crippen LogP contribution >= 0.6 is 0 Å². The lowest BCUT2D eigenvalue weighted by Gasteiger charge is -2.12. The maximum Gasteiger partial charge on any atom is 0.387 e. The fraction of sp³-hybridized carbons (Fsp3) is 0.200. The number of hydrogen-bond acceptors (Lipinski definition) is 3. The number of nitrogens with zero attached hydrogens (tertiary/aromatic N) is 1. The van der Waals surface area contributed by atoms with Crippen LogP contribution in [0, 0.1) is 25.2 Å². The summed E-state index contributed by atoms with van der Waals surface area (Å²) in [7, 11) is 0. The lowest BCUT2D eigenvalue weighted by atomic mass is 10.0. The molecular weight excluding hydrogens is 338 g/mol. The normalized spacial score (nSPS) is 11.2. The molecule has 1 N–H and O–H groups in total. The largest absolute Gasteiger partial charge is 0.434 e. The quantitative estimate of drug-likeness (QED) is 0.625. The summed E-state index contributed by atoms with van der Waals surface area (Å²) in [5.74, 6) is -0.399. The first-order chi connectivity index (χ1) is 12.4. The minimum absolute atomic E-state index is 0.0674. The van der Waals surface area contributed by atoms with E-state index >= 15 is 0 Å². The number of halogens is 2. The molecule has 0 saturated carbocycles. The first-order valence-corrected chi connectivity index (χ1v) is 7.90. The van der Waals surface area contributed by atoms with Crippen LogP contribution in [-0.2, 0) is 11.3 Å². The molecule has 0 aliphatic rings. The van der Waals surface area contributed by atoms with Crippen molar-refractivity contribution < 1.29 is 18.3 Å². The second-order valence-corrected chi connectivity index (χ2v) is 5.70. The number of aryl methyl sites for hydroxylation is 2. The van der Waals surface area contributed by atoms with Gasteiger partial charge in [-0.2, -0.15) is 14.0 Å². The molecule has 0 spiro atoms. The van der Waals surface area contributed by atoms with Crippen LogP contribution in [-0.4, -0.2) is 12.5 Å². The van der Waals surface area contributed by atoms with E-state index in [1.807, 2.05) is 36.4 Å². The third-order valence-corrected chi connectivity index (χ3v) is 3.66. The van der Waals surface area contributed by atoms with E-state index in [9.17, 15) is 18.8 Å². The first kappa shape index (κ1) is 19.1. The van der Waals surface area contributed by atoms with Gasteiger partial charge in [0.2, 0.25) is 0 Å². The molecule has 0 bridgehead atoms. The Labute approximate surface area is 150 Å². The van der Waals surface area contributed by atoms with Gasteiger partial charge in [0, 0.05) is 6.54 Å². The maximum atomic E-state index is 12.4. The lowest BCUT2D eigenvalue weighted by Crippen LogP contribution is -2.23. The van der Waals surface area contributed by atoms with E-state index < -0.39 is 12.5 Å². The SMILES string of the molecule is Cc1cc(/C=C(\C#N)C(=O)NCc2ccccc2)cc(C)c1OC(F)F. The van der Waals surface area contributed by atoms with Crippen molar-refractivity contribution in [2.24, 2.45) is 0 Å². The van der Waals surface area contributed by atoms with Gasteiger partial charge in [-0.3, -0.25) is 4.79 Å². The van der Waals surface area contributed by atoms with Crippen molar-refractivity contribution in [3.8, 4) is 11.8 Å². The van der Waals surface area contributed by atoms with Gasteiger partial charge in [-0.25, -0.2) is 0 Å². The van der Waals surface area contributed by atoms with Gasteiger partial charge in [0.15, 0.2) is 0 Å². The van der Waals surface area contributed by atoms with Gasteiger partial charge in [-0.05, 0) is 54.3 Å². The molecular formula is C20H18F2N2O2. The molecule has 0 aliphatic heterocycles. The number of carbonyl (C=O) groups excluding carboxylic acids is 1. The van der Waals surface area contributed by atoms with Crippen LogP contribution < -0.4 is 10.1 Å². The average molecular weight is 356 g/mol. The predicted octanol–water partition coefficient (Wildman–Crippen LogP) is 4.13. The molecule has 0 saturated heterocycles. The average Bonchev–Trinajstić information content (AvgIpc) is 2.61. The second-order valence-electron chi connectivity index (χ2n) is 5.70. The summed E-state index contributed by atoms with van der Waals surface area (Å²) in [6.07, 6.45) is 1.42. The molecule has 26 heavy (non-hydrogen) atoms. The Kier molecular flexibility index (Phi) is 6.45. The topological polar surface area (TPSA) is 62.1 Å². The number of nitriles is 1. The number of amides is 1. The third-order valence-electron chi connectivity index (χ3n) is 3.66. The molecule has 0 fully saturated rings. The number of benzene rings is 2. The highest BCUT2D eigenvalue weighted by Crippen LogP contribution is 2.27. The Morgan fingerprint density at radius 2 is 1.85 bits per heavy atom. The van der Waals surface area contributed by atoms with Gasteiger partial charge < -0.3 is 10.1 Å². The van der Waals surface area contributed by atoms with Gasteiger partial charge >= 0.3 is 6.61 Å². The smallest absolute Gasteiger partial charge is 0.387 e. The Balaban J connectivity index is 2.17. The molecule has 1 amide bonds. The fourth-order valence-corrected chi connectivity index (χ4v) is 2.53. The Hall–Kier alpha value is -3.20. The van der Waals surface area contributed by atoms with E-state index in [1.165, 1.54) is 6.08 Å². The molecule has 2 aromatic carbocycles. The number of carbonyl (C=O) groups is 1. The summed E-state index contributed by atoms with van der Waals surface area (Å²) in [6, 6.07) is 14.4. The monoisotopic (exact) mass is 356 g/mol. The van der Waals surface area contributed by atoms with E-state index in [1.54, 1.807) is 26.0 Å². The van der Waals surface area contributed by atoms with E-state index in [-0.39, 0.29) is 11.3 Å². The highest BCUT2D eigenvalue weighted by atomic mass is 19.3. The summed E-state index contributed by atoms with van der Waals surface area (Å²) in [6.45, 7) is 0.651. The lowest BCUT2D eigenvalue weighted by molar-refractivity contribution is -0.117. The second kappa shape index (κ2) is 8.77. The van der Waals surface area contributed by atoms with E-state index in [0.29, 0.717) is 23.2 Å². The standard InChI is InChI=1S/C20H18F2N2O2/c1-13-8-16(9-14(2)18(13)26-20(21)22)10-17(11-23)19(25)24-12-15-6-4-3-5-7-15/h3-10,20H,12H2,1-2H3,(H,24,25)/b17-10+. The molecule has 4 nitrogen and oxygen atoms in total. The van der Waals surface area contributed by atoms with E-state index in [4.69, 9.17) is 0 Å². The number of ether oxygens (including phenoxy) is 1. The number of nitrogens with one attached hydrogen (secondary N) is 1. The fourth-order valence-electron chi connectivity index (χ4n) is 2.53. The highest BCUT2D eigenvalue weighted by molar-refractivity contribution is 6.01. The van der Waals surface area contributed by atoms with Gasteiger partial charge in [0.25, 0.3) is 5.91 Å². The van der Waals surface area contributed by atoms with Crippen LogP contribution in [0.4, 0.5) is 8.78 Å². The summed E-state index contributed by atoms with van der Waals surface area (Å²) in [4.78, 5) is 12.2. The number of hydrogen-bond donors (Lipinski definition) is 1. The molecule has 0 aromatic heterocycles. The maximum absolute atomic E-state index is 12.4. The van der Waals surface area contributed by atoms with Crippen molar-refractivity contribution in [1.82, 2.24) is 5.32 Å². The number of rotatable bonds is 6. The number of alkyl halides is 2. The van der Waals surface area contributed by atoms with Crippen LogP contribution in [0.3, 0.4) is 0 Å². The van der Waals surface area contributed by atoms with Crippen molar-refractivity contribution in [3.63, 3.8) is 0 Å². The van der Waals surface area contributed by atoms with Crippen molar-refractivity contribution in [1.29, 1.82) is 5.26 Å². The molecule has 2 aromatic rings. The summed E-state index contributed by atoms with van der Waals surface area (Å²) < 4.78 is 29.4. The van der Waals surface area contributed by atoms with Crippen LogP contribution in [0.15, 0.2) is 48.0 Å². The van der Waals surface area contributed by atoms with Gasteiger partial charge in [0.1, 0.15) is 17.4 Å². The van der Waals surface area contributed by atoms with Crippen molar-refractivity contribution in [3.05, 3.63) is 70.3 Å². The first-order valence-electron chi connectivity index (χ1n) is 7.90. The zero-order valence-corrected chi connectivity index (χ0v) is 14.4. The Morgan fingerprint density at radius 1 is 1.23 bits per heavy atom. The molecule has 0 unspecified atom stereocenters. The van der Waals surface area contributed by atoms with Gasteiger partial charge in [0.05, 0.1) is 0 Å². The molecule has 0 heterocycles. The molecule has 0 aliphatic carbocycles. The van der Waals surface area contributed by atoms with E-state index in [2.05, 4.69) is 10.1 Å². The minimum Gasteiger partial charge on any atom is -0.434 e. The van der Waals surface area contributed by atoms with Crippen LogP contribution in [0.25, 0.3) is 6.08 Å². The molecule has 0 atom stereocenters. The third kappa shape index (κ3) is 5.15. The predicted molar refractivity (Wildman–Crippen MR) is 94.4 cm³/mol. The van der Waals surface area contributed by atoms with E-state index in [0.717, 1.165) is 5.56 Å².